The molecule has 3 heteroatoms. The normalized spacial score (nSPS) is 12.5. The lowest BCUT2D eigenvalue weighted by atomic mass is 10.1. The van der Waals surface area contributed by atoms with E-state index in [1.807, 2.05) is 39.1 Å². The lowest BCUT2D eigenvalue weighted by Gasteiger charge is -2.17. The summed E-state index contributed by atoms with van der Waals surface area (Å²) >= 11 is 0. The van der Waals surface area contributed by atoms with Crippen molar-refractivity contribution in [1.82, 2.24) is 5.32 Å². The maximum Gasteiger partial charge on any atom is 0.125 e. The van der Waals surface area contributed by atoms with Gasteiger partial charge in [0.05, 0.1) is 12.6 Å². The number of para-hydroxylation sites is 1. The van der Waals surface area contributed by atoms with Gasteiger partial charge in [0.25, 0.3) is 0 Å². The molecule has 0 saturated heterocycles. The van der Waals surface area contributed by atoms with E-state index in [1.54, 1.807) is 0 Å². The first-order valence-electron chi connectivity index (χ1n) is 5.16. The van der Waals surface area contributed by atoms with Gasteiger partial charge in [0, 0.05) is 0 Å². The molecule has 0 aliphatic carbocycles. The van der Waals surface area contributed by atoms with Crippen LogP contribution in [0.1, 0.15) is 11.1 Å². The van der Waals surface area contributed by atoms with Gasteiger partial charge >= 0.3 is 0 Å². The zero-order chi connectivity index (χ0) is 11.3. The molecule has 84 valence electrons. The van der Waals surface area contributed by atoms with Crippen molar-refractivity contribution in [1.29, 1.82) is 0 Å². The molecule has 1 aromatic carbocycles. The standard InChI is InChI=1S/C12H19NO2/c1-9-5-4-6-10(2)12(9)15-8-11(7-14)13-3/h4-6,11,13-14H,7-8H2,1-3H3. The van der Waals surface area contributed by atoms with E-state index in [4.69, 9.17) is 9.84 Å². The van der Waals surface area contributed by atoms with Crippen LogP contribution in [0.2, 0.25) is 0 Å². The predicted octanol–water partition coefficient (Wildman–Crippen LogP) is 1.26. The van der Waals surface area contributed by atoms with Crippen LogP contribution in [0, 0.1) is 13.8 Å². The minimum atomic E-state index is -0.0102. The second-order valence-corrected chi connectivity index (χ2v) is 3.70. The van der Waals surface area contributed by atoms with Crippen LogP contribution in [0.3, 0.4) is 0 Å². The smallest absolute Gasteiger partial charge is 0.125 e. The van der Waals surface area contributed by atoms with Gasteiger partial charge in [0.15, 0.2) is 0 Å². The minimum absolute atomic E-state index is 0.0102. The van der Waals surface area contributed by atoms with Crippen LogP contribution in [0.5, 0.6) is 5.75 Å². The Morgan fingerprint density at radius 2 is 1.93 bits per heavy atom. The lowest BCUT2D eigenvalue weighted by Crippen LogP contribution is -2.35. The summed E-state index contributed by atoms with van der Waals surface area (Å²) in [7, 11) is 1.81. The molecule has 1 aromatic rings. The highest BCUT2D eigenvalue weighted by Gasteiger charge is 2.07. The van der Waals surface area contributed by atoms with E-state index in [2.05, 4.69) is 5.32 Å². The van der Waals surface area contributed by atoms with Gasteiger partial charge in [-0.15, -0.1) is 0 Å². The van der Waals surface area contributed by atoms with Crippen molar-refractivity contribution in [2.75, 3.05) is 20.3 Å². The van der Waals surface area contributed by atoms with Gasteiger partial charge in [-0.25, -0.2) is 0 Å². The Morgan fingerprint density at radius 1 is 1.33 bits per heavy atom. The molecule has 0 fully saturated rings. The van der Waals surface area contributed by atoms with E-state index < -0.39 is 0 Å². The van der Waals surface area contributed by atoms with E-state index in [0.717, 1.165) is 16.9 Å². The van der Waals surface area contributed by atoms with Gasteiger partial charge in [-0.2, -0.15) is 0 Å². The van der Waals surface area contributed by atoms with Crippen molar-refractivity contribution in [2.24, 2.45) is 0 Å². The van der Waals surface area contributed by atoms with Crippen molar-refractivity contribution in [3.8, 4) is 5.75 Å². The number of aliphatic hydroxyl groups excluding tert-OH is 1. The molecule has 0 saturated carbocycles. The first-order valence-corrected chi connectivity index (χ1v) is 5.16. The molecule has 1 rings (SSSR count). The zero-order valence-corrected chi connectivity index (χ0v) is 9.58. The molecular weight excluding hydrogens is 190 g/mol. The largest absolute Gasteiger partial charge is 0.491 e. The third kappa shape index (κ3) is 3.22. The van der Waals surface area contributed by atoms with E-state index in [9.17, 15) is 0 Å². The Bertz CT molecular complexity index is 288. The Labute approximate surface area is 91.1 Å². The van der Waals surface area contributed by atoms with Crippen molar-refractivity contribution in [2.45, 2.75) is 19.9 Å². The summed E-state index contributed by atoms with van der Waals surface area (Å²) in [5, 5.41) is 12.0. The van der Waals surface area contributed by atoms with Crippen molar-refractivity contribution < 1.29 is 9.84 Å². The summed E-state index contributed by atoms with van der Waals surface area (Å²) in [4.78, 5) is 0. The van der Waals surface area contributed by atoms with Gasteiger partial charge in [0.1, 0.15) is 12.4 Å². The van der Waals surface area contributed by atoms with Crippen LogP contribution in [-0.2, 0) is 0 Å². The third-order valence-corrected chi connectivity index (χ3v) is 2.47. The number of aryl methyl sites for hydroxylation is 2. The molecule has 0 amide bonds. The second kappa shape index (κ2) is 5.73. The Morgan fingerprint density at radius 3 is 2.40 bits per heavy atom. The SMILES string of the molecule is CNC(CO)COc1c(C)cccc1C. The quantitative estimate of drug-likeness (QED) is 0.767. The summed E-state index contributed by atoms with van der Waals surface area (Å²) in [5.41, 5.74) is 2.26. The fourth-order valence-electron chi connectivity index (χ4n) is 1.44. The Hall–Kier alpha value is -1.06. The number of nitrogens with one attached hydrogen (secondary N) is 1. The third-order valence-electron chi connectivity index (χ3n) is 2.47. The molecule has 0 bridgehead atoms. The minimum Gasteiger partial charge on any atom is -0.491 e. The zero-order valence-electron chi connectivity index (χ0n) is 9.58. The molecule has 0 aliphatic rings. The number of likely N-dealkylation sites (N-methyl/N-ethyl adjacent to an activating group) is 1. The summed E-state index contributed by atoms with van der Waals surface area (Å²) in [6, 6.07) is 6.05. The average molecular weight is 209 g/mol. The maximum atomic E-state index is 9.00. The van der Waals surface area contributed by atoms with Gasteiger partial charge in [0.2, 0.25) is 0 Å². The maximum absolute atomic E-state index is 9.00. The summed E-state index contributed by atoms with van der Waals surface area (Å²) in [6.45, 7) is 4.62. The highest BCUT2D eigenvalue weighted by molar-refractivity contribution is 5.39. The highest BCUT2D eigenvalue weighted by atomic mass is 16.5. The number of hydrogen-bond acceptors (Lipinski definition) is 3. The van der Waals surface area contributed by atoms with Crippen LogP contribution in [0.25, 0.3) is 0 Å². The molecule has 1 unspecified atom stereocenters. The fourth-order valence-corrected chi connectivity index (χ4v) is 1.44. The molecule has 0 aromatic heterocycles. The first-order chi connectivity index (χ1) is 7.19. The summed E-state index contributed by atoms with van der Waals surface area (Å²) in [5.74, 6) is 0.922. The molecule has 0 heterocycles. The fraction of sp³-hybridized carbons (Fsp3) is 0.500. The molecule has 3 nitrogen and oxygen atoms in total. The lowest BCUT2D eigenvalue weighted by molar-refractivity contribution is 0.188. The molecule has 15 heavy (non-hydrogen) atoms. The summed E-state index contributed by atoms with van der Waals surface area (Å²) < 4.78 is 5.69. The van der Waals surface area contributed by atoms with Crippen LogP contribution in [-0.4, -0.2) is 31.4 Å². The van der Waals surface area contributed by atoms with Gasteiger partial charge < -0.3 is 15.2 Å². The van der Waals surface area contributed by atoms with Crippen LogP contribution >= 0.6 is 0 Å². The molecule has 0 radical (unpaired) electrons. The number of ether oxygens (including phenoxy) is 1. The van der Waals surface area contributed by atoms with Crippen molar-refractivity contribution in [3.63, 3.8) is 0 Å². The van der Waals surface area contributed by atoms with E-state index in [0.29, 0.717) is 6.61 Å². The second-order valence-electron chi connectivity index (χ2n) is 3.70. The number of rotatable bonds is 5. The van der Waals surface area contributed by atoms with Gasteiger partial charge in [-0.3, -0.25) is 0 Å². The summed E-state index contributed by atoms with van der Waals surface area (Å²) in [6.07, 6.45) is 0. The van der Waals surface area contributed by atoms with Crippen LogP contribution < -0.4 is 10.1 Å². The molecule has 1 atom stereocenters. The predicted molar refractivity (Wildman–Crippen MR) is 61.3 cm³/mol. The van der Waals surface area contributed by atoms with E-state index in [1.165, 1.54) is 0 Å². The topological polar surface area (TPSA) is 41.5 Å². The van der Waals surface area contributed by atoms with Crippen LogP contribution in [0.15, 0.2) is 18.2 Å². The Balaban J connectivity index is 2.64. The highest BCUT2D eigenvalue weighted by Crippen LogP contribution is 2.22. The van der Waals surface area contributed by atoms with E-state index >= 15 is 0 Å². The monoisotopic (exact) mass is 209 g/mol. The number of hydrogen-bond donors (Lipinski definition) is 2. The first kappa shape index (κ1) is 12.0. The number of benzene rings is 1. The molecular formula is C12H19NO2. The molecule has 2 N–H and O–H groups in total. The van der Waals surface area contributed by atoms with Crippen molar-refractivity contribution >= 4 is 0 Å². The van der Waals surface area contributed by atoms with Crippen molar-refractivity contribution in [3.05, 3.63) is 29.3 Å². The Kier molecular flexibility index (Phi) is 4.59. The molecule has 0 spiro atoms. The average Bonchev–Trinajstić information content (AvgIpc) is 2.23. The molecule has 0 aliphatic heterocycles. The van der Waals surface area contributed by atoms with Gasteiger partial charge in [-0.1, -0.05) is 18.2 Å². The van der Waals surface area contributed by atoms with Crippen LogP contribution in [0.4, 0.5) is 0 Å². The number of aliphatic hydroxyl groups is 1. The van der Waals surface area contributed by atoms with Gasteiger partial charge in [-0.05, 0) is 32.0 Å². The van der Waals surface area contributed by atoms with E-state index in [-0.39, 0.29) is 12.6 Å².